The Balaban J connectivity index is 2.20. The molecule has 0 bridgehead atoms. The lowest BCUT2D eigenvalue weighted by Crippen LogP contribution is -2.03. The summed E-state index contributed by atoms with van der Waals surface area (Å²) in [4.78, 5) is 12.1. The Labute approximate surface area is 134 Å². The molecule has 0 saturated carbocycles. The third kappa shape index (κ3) is 3.73. The lowest BCUT2D eigenvalue weighted by Gasteiger charge is -2.04. The largest absolute Gasteiger partial charge is 0.294 e. The summed E-state index contributed by atoms with van der Waals surface area (Å²) < 4.78 is 0.764. The average Bonchev–Trinajstić information content (AvgIpc) is 2.37. The highest BCUT2D eigenvalue weighted by Crippen LogP contribution is 2.25. The summed E-state index contributed by atoms with van der Waals surface area (Å²) in [7, 11) is 0. The van der Waals surface area contributed by atoms with Crippen molar-refractivity contribution in [3.8, 4) is 0 Å². The number of halogens is 4. The molecule has 0 aromatic heterocycles. The molecular formula is C14H8BrCl3O. The highest BCUT2D eigenvalue weighted by Gasteiger charge is 2.10. The fraction of sp³-hybridized carbons (Fsp3) is 0.0714. The zero-order chi connectivity index (χ0) is 14.0. The standard InChI is InChI=1S/C14H8BrCl3O/c15-10-3-2-9(7-12(10)17)14(19)6-8-1-4-11(16)13(18)5-8/h1-5,7H,6H2. The normalized spacial score (nSPS) is 10.5. The van der Waals surface area contributed by atoms with Gasteiger partial charge in [0.1, 0.15) is 0 Å². The van der Waals surface area contributed by atoms with Crippen LogP contribution in [0.4, 0.5) is 0 Å². The number of carbonyl (C=O) groups is 1. The van der Waals surface area contributed by atoms with Crippen molar-refractivity contribution in [2.24, 2.45) is 0 Å². The summed E-state index contributed by atoms with van der Waals surface area (Å²) in [5, 5.41) is 1.44. The number of Topliss-reactive ketones (excluding diaryl/α,β-unsaturated/α-hetero) is 1. The summed E-state index contributed by atoms with van der Waals surface area (Å²) in [6.45, 7) is 0. The fourth-order valence-corrected chi connectivity index (χ4v) is 2.35. The maximum absolute atomic E-state index is 12.1. The predicted octanol–water partition coefficient (Wildman–Crippen LogP) is 5.83. The van der Waals surface area contributed by atoms with Gasteiger partial charge in [-0.05, 0) is 45.8 Å². The second kappa shape index (κ2) is 6.27. The van der Waals surface area contributed by atoms with Crippen LogP contribution in [0.5, 0.6) is 0 Å². The molecule has 0 unspecified atom stereocenters. The summed E-state index contributed by atoms with van der Waals surface area (Å²) in [5.74, 6) is -0.0206. The first-order valence-electron chi connectivity index (χ1n) is 5.39. The topological polar surface area (TPSA) is 17.1 Å². The third-order valence-corrected chi connectivity index (χ3v) is 4.56. The van der Waals surface area contributed by atoms with Crippen LogP contribution >= 0.6 is 50.7 Å². The van der Waals surface area contributed by atoms with Crippen LogP contribution in [0.25, 0.3) is 0 Å². The van der Waals surface area contributed by atoms with Crippen LogP contribution in [0.15, 0.2) is 40.9 Å². The van der Waals surface area contributed by atoms with Gasteiger partial charge in [-0.2, -0.15) is 0 Å². The van der Waals surface area contributed by atoms with Gasteiger partial charge < -0.3 is 0 Å². The number of hydrogen-bond donors (Lipinski definition) is 0. The van der Waals surface area contributed by atoms with E-state index in [1.807, 2.05) is 0 Å². The van der Waals surface area contributed by atoms with E-state index in [2.05, 4.69) is 15.9 Å². The van der Waals surface area contributed by atoms with Crippen molar-refractivity contribution in [3.05, 3.63) is 67.1 Å². The SMILES string of the molecule is O=C(Cc1ccc(Cl)c(Cl)c1)c1ccc(Br)c(Cl)c1. The smallest absolute Gasteiger partial charge is 0.167 e. The van der Waals surface area contributed by atoms with E-state index >= 15 is 0 Å². The van der Waals surface area contributed by atoms with Crippen molar-refractivity contribution in [1.82, 2.24) is 0 Å². The van der Waals surface area contributed by atoms with Crippen LogP contribution in [0, 0.1) is 0 Å². The number of rotatable bonds is 3. The lowest BCUT2D eigenvalue weighted by molar-refractivity contribution is 0.0993. The minimum absolute atomic E-state index is 0.0206. The van der Waals surface area contributed by atoms with Gasteiger partial charge in [-0.15, -0.1) is 0 Å². The van der Waals surface area contributed by atoms with Gasteiger partial charge in [0.05, 0.1) is 15.1 Å². The molecule has 19 heavy (non-hydrogen) atoms. The molecule has 0 spiro atoms. The molecular weight excluding hydrogens is 370 g/mol. The van der Waals surface area contributed by atoms with Crippen LogP contribution in [-0.4, -0.2) is 5.78 Å². The van der Waals surface area contributed by atoms with E-state index in [1.165, 1.54) is 0 Å². The van der Waals surface area contributed by atoms with Crippen molar-refractivity contribution in [1.29, 1.82) is 0 Å². The van der Waals surface area contributed by atoms with Crippen molar-refractivity contribution in [2.45, 2.75) is 6.42 Å². The summed E-state index contributed by atoms with van der Waals surface area (Å²) >= 11 is 21.0. The number of benzene rings is 2. The Morgan fingerprint density at radius 3 is 2.32 bits per heavy atom. The van der Waals surface area contributed by atoms with E-state index in [-0.39, 0.29) is 12.2 Å². The molecule has 0 aliphatic rings. The molecule has 0 fully saturated rings. The Kier molecular flexibility index (Phi) is 4.91. The van der Waals surface area contributed by atoms with Crippen molar-refractivity contribution in [2.75, 3.05) is 0 Å². The van der Waals surface area contributed by atoms with Crippen molar-refractivity contribution in [3.63, 3.8) is 0 Å². The molecule has 0 radical (unpaired) electrons. The van der Waals surface area contributed by atoms with Gasteiger partial charge in [0, 0.05) is 16.5 Å². The van der Waals surface area contributed by atoms with E-state index in [0.29, 0.717) is 20.6 Å². The first-order chi connectivity index (χ1) is 8.97. The van der Waals surface area contributed by atoms with E-state index < -0.39 is 0 Å². The van der Waals surface area contributed by atoms with Crippen LogP contribution < -0.4 is 0 Å². The average molecular weight is 378 g/mol. The molecule has 0 amide bonds. The molecule has 1 nitrogen and oxygen atoms in total. The van der Waals surface area contributed by atoms with Gasteiger partial charge in [-0.1, -0.05) is 46.9 Å². The van der Waals surface area contributed by atoms with Crippen LogP contribution in [0.3, 0.4) is 0 Å². The highest BCUT2D eigenvalue weighted by molar-refractivity contribution is 9.10. The second-order valence-corrected chi connectivity index (χ2v) is 6.05. The van der Waals surface area contributed by atoms with Gasteiger partial charge >= 0.3 is 0 Å². The van der Waals surface area contributed by atoms with E-state index in [1.54, 1.807) is 36.4 Å². The zero-order valence-electron chi connectivity index (χ0n) is 9.59. The molecule has 2 aromatic carbocycles. The number of hydrogen-bond acceptors (Lipinski definition) is 1. The molecule has 5 heteroatoms. The quantitative estimate of drug-likeness (QED) is 0.614. The Morgan fingerprint density at radius 1 is 0.947 bits per heavy atom. The minimum Gasteiger partial charge on any atom is -0.294 e. The van der Waals surface area contributed by atoms with Gasteiger partial charge in [0.25, 0.3) is 0 Å². The maximum atomic E-state index is 12.1. The number of ketones is 1. The predicted molar refractivity (Wildman–Crippen MR) is 83.6 cm³/mol. The molecule has 0 heterocycles. The monoisotopic (exact) mass is 376 g/mol. The Hall–Kier alpha value is -0.540. The molecule has 0 N–H and O–H groups in total. The Morgan fingerprint density at radius 2 is 1.68 bits per heavy atom. The summed E-state index contributed by atoms with van der Waals surface area (Å²) in [6.07, 6.45) is 0.259. The first-order valence-corrected chi connectivity index (χ1v) is 7.32. The molecule has 2 rings (SSSR count). The molecule has 2 aromatic rings. The lowest BCUT2D eigenvalue weighted by atomic mass is 10.0. The Bertz CT molecular complexity index is 641. The van der Waals surface area contributed by atoms with E-state index in [9.17, 15) is 4.79 Å². The van der Waals surface area contributed by atoms with Crippen molar-refractivity contribution >= 4 is 56.5 Å². The second-order valence-electron chi connectivity index (χ2n) is 3.98. The zero-order valence-corrected chi connectivity index (χ0v) is 13.4. The molecule has 0 atom stereocenters. The number of carbonyl (C=O) groups excluding carboxylic acids is 1. The van der Waals surface area contributed by atoms with Gasteiger partial charge in [0.2, 0.25) is 0 Å². The third-order valence-electron chi connectivity index (χ3n) is 2.59. The first kappa shape index (κ1) is 14.9. The molecule has 0 aliphatic heterocycles. The van der Waals surface area contributed by atoms with Gasteiger partial charge in [-0.3, -0.25) is 4.79 Å². The van der Waals surface area contributed by atoms with Gasteiger partial charge in [0.15, 0.2) is 5.78 Å². The van der Waals surface area contributed by atoms with E-state index in [4.69, 9.17) is 34.8 Å². The van der Waals surface area contributed by atoms with Crippen LogP contribution in [0.1, 0.15) is 15.9 Å². The van der Waals surface area contributed by atoms with Crippen molar-refractivity contribution < 1.29 is 4.79 Å². The van der Waals surface area contributed by atoms with Crippen LogP contribution in [-0.2, 0) is 6.42 Å². The molecule has 0 saturated heterocycles. The van der Waals surface area contributed by atoms with Crippen LogP contribution in [0.2, 0.25) is 15.1 Å². The summed E-state index contributed by atoms with van der Waals surface area (Å²) in [5.41, 5.74) is 1.39. The molecule has 0 aliphatic carbocycles. The highest BCUT2D eigenvalue weighted by atomic mass is 79.9. The maximum Gasteiger partial charge on any atom is 0.167 e. The van der Waals surface area contributed by atoms with E-state index in [0.717, 1.165) is 10.0 Å². The van der Waals surface area contributed by atoms with Gasteiger partial charge in [-0.25, -0.2) is 0 Å². The minimum atomic E-state index is -0.0206. The fourth-order valence-electron chi connectivity index (χ4n) is 1.61. The summed E-state index contributed by atoms with van der Waals surface area (Å²) in [6, 6.07) is 10.3. The molecule has 98 valence electrons.